The van der Waals surface area contributed by atoms with Crippen LogP contribution in [-0.4, -0.2) is 33.8 Å². The highest BCUT2D eigenvalue weighted by atomic mass is 16.5. The molecule has 1 aliphatic carbocycles. The first-order chi connectivity index (χ1) is 14.3. The fourth-order valence-corrected chi connectivity index (χ4v) is 3.58. The number of aromatic amines is 1. The van der Waals surface area contributed by atoms with Crippen LogP contribution in [-0.2, 0) is 6.42 Å². The third-order valence-corrected chi connectivity index (χ3v) is 5.13. The quantitative estimate of drug-likeness (QED) is 0.648. The van der Waals surface area contributed by atoms with E-state index < -0.39 is 0 Å². The van der Waals surface area contributed by atoms with Crippen LogP contribution in [0.1, 0.15) is 48.6 Å². The summed E-state index contributed by atoms with van der Waals surface area (Å²) in [6.45, 7) is 0. The van der Waals surface area contributed by atoms with E-state index in [0.717, 1.165) is 35.5 Å². The van der Waals surface area contributed by atoms with Crippen molar-refractivity contribution in [1.29, 1.82) is 0 Å². The normalized spacial score (nSPS) is 14.8. The van der Waals surface area contributed by atoms with Crippen LogP contribution in [0.2, 0.25) is 0 Å². The summed E-state index contributed by atoms with van der Waals surface area (Å²) in [6.07, 6.45) is 5.43. The number of hydrogen-bond donors (Lipinski definition) is 1. The molecule has 1 N–H and O–H groups in total. The summed E-state index contributed by atoms with van der Waals surface area (Å²) in [7, 11) is 1.67. The van der Waals surface area contributed by atoms with E-state index in [1.807, 2.05) is 48.5 Å². The second-order valence-corrected chi connectivity index (χ2v) is 7.15. The van der Waals surface area contributed by atoms with Crippen LogP contribution in [0, 0.1) is 11.8 Å². The molecule has 0 amide bonds. The molecule has 148 valence electrons. The number of nitrogens with one attached hydrogen (secondary N) is 1. The molecule has 1 unspecified atom stereocenters. The molecule has 0 aliphatic heterocycles. The van der Waals surface area contributed by atoms with Gasteiger partial charge in [-0.1, -0.05) is 41.3 Å². The molecule has 4 rings (SSSR count). The number of H-pyrrole nitrogens is 1. The zero-order chi connectivity index (χ0) is 19.9. The average Bonchev–Trinajstić information content (AvgIpc) is 3.46. The summed E-state index contributed by atoms with van der Waals surface area (Å²) >= 11 is 0. The molecule has 1 heterocycles. The fraction of sp³-hybridized carbons (Fsp3) is 0.348. The Balaban J connectivity index is 1.64. The highest BCUT2D eigenvalue weighted by Crippen LogP contribution is 2.34. The van der Waals surface area contributed by atoms with Crippen molar-refractivity contribution < 1.29 is 9.47 Å². The minimum absolute atomic E-state index is 0.0929. The molecule has 29 heavy (non-hydrogen) atoms. The lowest BCUT2D eigenvalue weighted by molar-refractivity contribution is 0.200. The zero-order valence-corrected chi connectivity index (χ0v) is 16.5. The molecule has 1 fully saturated rings. The lowest BCUT2D eigenvalue weighted by atomic mass is 9.95. The van der Waals surface area contributed by atoms with Gasteiger partial charge in [-0.15, -0.1) is 10.2 Å². The minimum Gasteiger partial charge on any atom is -0.493 e. The van der Waals surface area contributed by atoms with Crippen LogP contribution >= 0.6 is 0 Å². The molecule has 1 aromatic heterocycles. The van der Waals surface area contributed by atoms with E-state index >= 15 is 0 Å². The first kappa shape index (κ1) is 19.0. The van der Waals surface area contributed by atoms with E-state index in [4.69, 9.17) is 9.47 Å². The predicted molar refractivity (Wildman–Crippen MR) is 110 cm³/mol. The lowest BCUT2D eigenvalue weighted by Gasteiger charge is -2.18. The van der Waals surface area contributed by atoms with Crippen LogP contribution in [0.5, 0.6) is 11.5 Å². The van der Waals surface area contributed by atoms with Gasteiger partial charge in [0.2, 0.25) is 0 Å². The topological polar surface area (TPSA) is 72.9 Å². The molecule has 0 spiro atoms. The Hall–Kier alpha value is -3.33. The molecular formula is C23H24N4O2. The molecule has 3 aromatic rings. The van der Waals surface area contributed by atoms with Gasteiger partial charge >= 0.3 is 0 Å². The van der Waals surface area contributed by atoms with Crippen molar-refractivity contribution in [2.24, 2.45) is 0 Å². The van der Waals surface area contributed by atoms with Gasteiger partial charge < -0.3 is 9.47 Å². The van der Waals surface area contributed by atoms with Crippen molar-refractivity contribution >= 4 is 0 Å². The van der Waals surface area contributed by atoms with Crippen molar-refractivity contribution in [2.45, 2.75) is 44.1 Å². The third-order valence-electron chi connectivity index (χ3n) is 5.13. The van der Waals surface area contributed by atoms with Crippen LogP contribution in [0.3, 0.4) is 0 Å². The van der Waals surface area contributed by atoms with Crippen molar-refractivity contribution in [2.75, 3.05) is 7.11 Å². The lowest BCUT2D eigenvalue weighted by Crippen LogP contribution is -2.12. The molecular weight excluding hydrogens is 364 g/mol. The first-order valence-electron chi connectivity index (χ1n) is 9.95. The van der Waals surface area contributed by atoms with Crippen LogP contribution in [0.4, 0.5) is 0 Å². The average molecular weight is 388 g/mol. The van der Waals surface area contributed by atoms with Crippen molar-refractivity contribution in [3.05, 3.63) is 65.5 Å². The van der Waals surface area contributed by atoms with Gasteiger partial charge in [0.15, 0.2) is 17.3 Å². The maximum Gasteiger partial charge on any atom is 0.176 e. The van der Waals surface area contributed by atoms with Gasteiger partial charge in [0, 0.05) is 12.0 Å². The maximum absolute atomic E-state index is 6.26. The van der Waals surface area contributed by atoms with Crippen molar-refractivity contribution in [3.63, 3.8) is 0 Å². The van der Waals surface area contributed by atoms with Crippen LogP contribution in [0.15, 0.2) is 48.5 Å². The fourth-order valence-electron chi connectivity index (χ4n) is 3.58. The number of ether oxygens (including phenoxy) is 2. The Labute approximate surface area is 170 Å². The zero-order valence-electron chi connectivity index (χ0n) is 16.5. The molecule has 1 saturated carbocycles. The van der Waals surface area contributed by atoms with Crippen LogP contribution < -0.4 is 9.47 Å². The van der Waals surface area contributed by atoms with Crippen molar-refractivity contribution in [3.8, 4) is 23.3 Å². The molecule has 0 radical (unpaired) electrons. The molecule has 6 nitrogen and oxygen atoms in total. The monoisotopic (exact) mass is 388 g/mol. The smallest absolute Gasteiger partial charge is 0.176 e. The Bertz CT molecular complexity index is 971. The van der Waals surface area contributed by atoms with E-state index in [-0.39, 0.29) is 12.0 Å². The van der Waals surface area contributed by atoms with E-state index in [1.54, 1.807) is 7.11 Å². The molecule has 6 heteroatoms. The summed E-state index contributed by atoms with van der Waals surface area (Å²) in [5.74, 6) is 8.71. The standard InChI is InChI=1S/C23H24N4O2/c1-28-21-14-13-18(15-22(21)29-20-9-5-6-10-20)19(16-23-24-26-27-25-23)12-11-17-7-3-2-4-8-17/h2-4,7-8,13-15,19-20H,5-6,9-10,16H2,1H3,(H,24,25,26,27). The summed E-state index contributed by atoms with van der Waals surface area (Å²) in [5.41, 5.74) is 2.02. The molecule has 0 bridgehead atoms. The number of methoxy groups -OCH3 is 1. The SMILES string of the molecule is COc1ccc(C(C#Cc2ccccc2)Cc2nn[nH]n2)cc1OC1CCCC1. The number of nitrogens with zero attached hydrogens (tertiary/aromatic N) is 3. The Morgan fingerprint density at radius 3 is 2.66 bits per heavy atom. The van der Waals surface area contributed by atoms with Gasteiger partial charge in [-0.3, -0.25) is 0 Å². The summed E-state index contributed by atoms with van der Waals surface area (Å²) in [6, 6.07) is 16.0. The number of rotatable bonds is 6. The molecule has 1 atom stereocenters. The van der Waals surface area contributed by atoms with E-state index in [2.05, 4.69) is 32.5 Å². The largest absolute Gasteiger partial charge is 0.493 e. The van der Waals surface area contributed by atoms with Gasteiger partial charge in [0.25, 0.3) is 0 Å². The van der Waals surface area contributed by atoms with E-state index in [1.165, 1.54) is 12.8 Å². The van der Waals surface area contributed by atoms with E-state index in [0.29, 0.717) is 12.2 Å². The molecule has 2 aromatic carbocycles. The van der Waals surface area contributed by atoms with Gasteiger partial charge in [0.05, 0.1) is 19.1 Å². The highest BCUT2D eigenvalue weighted by molar-refractivity contribution is 5.47. The number of tetrazole rings is 1. The second kappa shape index (κ2) is 9.24. The minimum atomic E-state index is -0.0929. The van der Waals surface area contributed by atoms with Crippen LogP contribution in [0.25, 0.3) is 0 Å². The molecule has 0 saturated heterocycles. The summed E-state index contributed by atoms with van der Waals surface area (Å²) < 4.78 is 11.8. The second-order valence-electron chi connectivity index (χ2n) is 7.15. The molecule has 1 aliphatic rings. The van der Waals surface area contributed by atoms with E-state index in [9.17, 15) is 0 Å². The summed E-state index contributed by atoms with van der Waals surface area (Å²) in [5, 5.41) is 14.4. The van der Waals surface area contributed by atoms with Gasteiger partial charge in [-0.2, -0.15) is 5.21 Å². The Morgan fingerprint density at radius 2 is 1.93 bits per heavy atom. The van der Waals surface area contributed by atoms with Gasteiger partial charge in [-0.05, 0) is 55.5 Å². The number of benzene rings is 2. The highest BCUT2D eigenvalue weighted by Gasteiger charge is 2.20. The van der Waals surface area contributed by atoms with Gasteiger partial charge in [-0.25, -0.2) is 0 Å². The van der Waals surface area contributed by atoms with Crippen molar-refractivity contribution in [1.82, 2.24) is 20.6 Å². The summed E-state index contributed by atoms with van der Waals surface area (Å²) in [4.78, 5) is 0. The van der Waals surface area contributed by atoms with Gasteiger partial charge in [0.1, 0.15) is 0 Å². The first-order valence-corrected chi connectivity index (χ1v) is 9.95. The Kier molecular flexibility index (Phi) is 6.06. The predicted octanol–water partition coefficient (Wildman–Crippen LogP) is 3.91. The Morgan fingerprint density at radius 1 is 1.10 bits per heavy atom. The maximum atomic E-state index is 6.26. The number of aromatic nitrogens is 4. The number of hydrogen-bond acceptors (Lipinski definition) is 5. The third kappa shape index (κ3) is 4.94.